The van der Waals surface area contributed by atoms with E-state index >= 15 is 0 Å². The molecule has 3 heterocycles. The third kappa shape index (κ3) is 5.14. The molecule has 10 heteroatoms. The van der Waals surface area contributed by atoms with Gasteiger partial charge >= 0.3 is 12.1 Å². The van der Waals surface area contributed by atoms with Gasteiger partial charge in [0.15, 0.2) is 0 Å². The van der Waals surface area contributed by atoms with Gasteiger partial charge in [0, 0.05) is 31.0 Å². The quantitative estimate of drug-likeness (QED) is 0.739. The van der Waals surface area contributed by atoms with Gasteiger partial charge in [-0.05, 0) is 43.9 Å². The van der Waals surface area contributed by atoms with Gasteiger partial charge in [0.1, 0.15) is 11.9 Å². The van der Waals surface area contributed by atoms with E-state index in [1.165, 1.54) is 0 Å². The van der Waals surface area contributed by atoms with Crippen molar-refractivity contribution in [3.63, 3.8) is 0 Å². The Hall–Kier alpha value is -2.10. The molecule has 1 saturated carbocycles. The van der Waals surface area contributed by atoms with Gasteiger partial charge in [-0.2, -0.15) is 13.2 Å². The smallest absolute Gasteiger partial charge is 0.475 e. The van der Waals surface area contributed by atoms with Crippen LogP contribution in [0.1, 0.15) is 31.9 Å². The number of rotatable bonds is 3. The number of aliphatic carboxylic acids is 1. The molecule has 0 aromatic carbocycles. The topological polar surface area (TPSA) is 74.0 Å². The molecule has 4 rings (SSSR count). The Bertz CT molecular complexity index is 754. The van der Waals surface area contributed by atoms with Crippen LogP contribution in [-0.2, 0) is 16.1 Å². The Morgan fingerprint density at radius 2 is 1.97 bits per heavy atom. The number of piperidine rings is 1. The first-order chi connectivity index (χ1) is 14.0. The van der Waals surface area contributed by atoms with Crippen molar-refractivity contribution in [2.45, 2.75) is 45.1 Å². The Morgan fingerprint density at radius 1 is 1.30 bits per heavy atom. The van der Waals surface area contributed by atoms with Crippen molar-refractivity contribution in [3.05, 3.63) is 24.2 Å². The van der Waals surface area contributed by atoms with Crippen molar-refractivity contribution in [3.8, 4) is 0 Å². The predicted octanol–water partition coefficient (Wildman–Crippen LogP) is 3.33. The maximum Gasteiger partial charge on any atom is 0.490 e. The van der Waals surface area contributed by atoms with E-state index in [4.69, 9.17) is 14.3 Å². The number of carbonyl (C=O) groups excluding carboxylic acids is 1. The molecular weight excluding hydrogens is 408 g/mol. The normalized spacial score (nSPS) is 31.4. The van der Waals surface area contributed by atoms with E-state index in [-0.39, 0.29) is 17.2 Å². The lowest BCUT2D eigenvalue weighted by molar-refractivity contribution is -0.192. The van der Waals surface area contributed by atoms with E-state index in [0.29, 0.717) is 25.4 Å². The zero-order chi connectivity index (χ0) is 22.1. The summed E-state index contributed by atoms with van der Waals surface area (Å²) >= 11 is 0. The SMILES string of the molecule is CC1CC1C(=O)N1CCC(F)C2(CCN(Cc3ccco3)C2)C1.O=C(O)C(F)(F)F. The van der Waals surface area contributed by atoms with Gasteiger partial charge in [-0.15, -0.1) is 0 Å². The summed E-state index contributed by atoms with van der Waals surface area (Å²) in [5, 5.41) is 7.12. The Labute approximate surface area is 171 Å². The third-order valence-corrected chi connectivity index (χ3v) is 6.23. The van der Waals surface area contributed by atoms with Crippen molar-refractivity contribution in [1.82, 2.24) is 9.80 Å². The number of likely N-dealkylation sites (tertiary alicyclic amines) is 2. The first-order valence-electron chi connectivity index (χ1n) is 9.99. The molecule has 1 aromatic rings. The second-order valence-electron chi connectivity index (χ2n) is 8.54. The number of hydrogen-bond donors (Lipinski definition) is 1. The van der Waals surface area contributed by atoms with Gasteiger partial charge < -0.3 is 14.4 Å². The molecule has 1 aliphatic carbocycles. The summed E-state index contributed by atoms with van der Waals surface area (Å²) < 4.78 is 51.9. The highest BCUT2D eigenvalue weighted by atomic mass is 19.4. The van der Waals surface area contributed by atoms with E-state index in [2.05, 4.69) is 11.8 Å². The molecule has 1 aromatic heterocycles. The van der Waals surface area contributed by atoms with Crippen molar-refractivity contribution < 1.29 is 36.7 Å². The van der Waals surface area contributed by atoms with Crippen LogP contribution in [0.2, 0.25) is 0 Å². The van der Waals surface area contributed by atoms with Gasteiger partial charge in [-0.1, -0.05) is 6.92 Å². The number of carbonyl (C=O) groups is 2. The van der Waals surface area contributed by atoms with Crippen LogP contribution < -0.4 is 0 Å². The summed E-state index contributed by atoms with van der Waals surface area (Å²) in [6.45, 7) is 5.63. The molecule has 4 atom stereocenters. The highest BCUT2D eigenvalue weighted by molar-refractivity contribution is 5.81. The predicted molar refractivity (Wildman–Crippen MR) is 98.1 cm³/mol. The molecule has 30 heavy (non-hydrogen) atoms. The first kappa shape index (κ1) is 22.6. The van der Waals surface area contributed by atoms with Crippen molar-refractivity contribution in [1.29, 1.82) is 0 Å². The van der Waals surface area contributed by atoms with Crippen molar-refractivity contribution >= 4 is 11.9 Å². The standard InChI is InChI=1S/C18H25FN2O2.C2HF3O2/c1-13-9-15(13)17(22)21-6-4-16(19)18(12-21)5-7-20(11-18)10-14-3-2-8-23-14;3-2(4,5)1(6)7/h2-3,8,13,15-16H,4-7,9-12H2,1H3;(H,6,7). The highest BCUT2D eigenvalue weighted by Gasteiger charge is 2.51. The highest BCUT2D eigenvalue weighted by Crippen LogP contribution is 2.44. The van der Waals surface area contributed by atoms with Crippen LogP contribution in [0.4, 0.5) is 17.6 Å². The lowest BCUT2D eigenvalue weighted by Gasteiger charge is -2.43. The van der Waals surface area contributed by atoms with E-state index in [1.54, 1.807) is 6.26 Å². The minimum Gasteiger partial charge on any atom is -0.475 e. The Balaban J connectivity index is 0.000000318. The molecule has 168 valence electrons. The molecule has 1 N–H and O–H groups in total. The van der Waals surface area contributed by atoms with Crippen LogP contribution in [0, 0.1) is 17.3 Å². The van der Waals surface area contributed by atoms with Crippen LogP contribution in [0.25, 0.3) is 0 Å². The number of furan rings is 1. The fraction of sp³-hybridized carbons (Fsp3) is 0.700. The minimum atomic E-state index is -5.08. The Kier molecular flexibility index (Phi) is 6.45. The van der Waals surface area contributed by atoms with Gasteiger partial charge in [-0.3, -0.25) is 9.69 Å². The fourth-order valence-corrected chi connectivity index (χ4v) is 4.35. The molecule has 4 unspecified atom stereocenters. The number of amides is 1. The van der Waals surface area contributed by atoms with Gasteiger partial charge in [-0.25, -0.2) is 9.18 Å². The molecule has 1 spiro atoms. The Morgan fingerprint density at radius 3 is 2.50 bits per heavy atom. The molecule has 0 radical (unpaired) electrons. The maximum atomic E-state index is 14.7. The summed E-state index contributed by atoms with van der Waals surface area (Å²) in [5.74, 6) is -0.863. The van der Waals surface area contributed by atoms with Gasteiger partial charge in [0.05, 0.1) is 12.8 Å². The zero-order valence-electron chi connectivity index (χ0n) is 16.7. The summed E-state index contributed by atoms with van der Waals surface area (Å²) in [5.41, 5.74) is -0.376. The number of hydrogen-bond acceptors (Lipinski definition) is 4. The van der Waals surface area contributed by atoms with Crippen LogP contribution in [-0.4, -0.2) is 65.3 Å². The maximum absolute atomic E-state index is 14.7. The molecule has 2 aliphatic heterocycles. The molecule has 0 bridgehead atoms. The number of carboxylic acids is 1. The average molecular weight is 434 g/mol. The minimum absolute atomic E-state index is 0.198. The van der Waals surface area contributed by atoms with Crippen LogP contribution in [0.5, 0.6) is 0 Å². The van der Waals surface area contributed by atoms with Crippen LogP contribution >= 0.6 is 0 Å². The average Bonchev–Trinajstić information content (AvgIpc) is 3.05. The summed E-state index contributed by atoms with van der Waals surface area (Å²) in [6.07, 6.45) is -1.88. The largest absolute Gasteiger partial charge is 0.490 e. The number of halogens is 4. The lowest BCUT2D eigenvalue weighted by atomic mass is 9.77. The summed E-state index contributed by atoms with van der Waals surface area (Å²) in [6, 6.07) is 3.85. The molecule has 1 amide bonds. The molecule has 2 saturated heterocycles. The van der Waals surface area contributed by atoms with Crippen molar-refractivity contribution in [2.24, 2.45) is 17.3 Å². The van der Waals surface area contributed by atoms with E-state index < -0.39 is 18.3 Å². The van der Waals surface area contributed by atoms with Crippen molar-refractivity contribution in [2.75, 3.05) is 26.2 Å². The fourth-order valence-electron chi connectivity index (χ4n) is 4.35. The van der Waals surface area contributed by atoms with Gasteiger partial charge in [0.25, 0.3) is 0 Å². The molecule has 3 fully saturated rings. The first-order valence-corrected chi connectivity index (χ1v) is 9.99. The monoisotopic (exact) mass is 434 g/mol. The second-order valence-corrected chi connectivity index (χ2v) is 8.54. The molecular formula is C20H26F4N2O4. The summed E-state index contributed by atoms with van der Waals surface area (Å²) in [4.78, 5) is 25.6. The summed E-state index contributed by atoms with van der Waals surface area (Å²) in [7, 11) is 0. The van der Waals surface area contributed by atoms with E-state index in [9.17, 15) is 22.4 Å². The number of alkyl halides is 4. The van der Waals surface area contributed by atoms with E-state index in [1.807, 2.05) is 17.0 Å². The van der Waals surface area contributed by atoms with E-state index in [0.717, 1.165) is 38.2 Å². The second kappa shape index (κ2) is 8.56. The lowest BCUT2D eigenvalue weighted by Crippen LogP contribution is -2.53. The molecule has 3 aliphatic rings. The number of carboxylic acid groups (broad SMARTS) is 1. The molecule has 6 nitrogen and oxygen atoms in total. The van der Waals surface area contributed by atoms with Crippen LogP contribution in [0.15, 0.2) is 22.8 Å². The van der Waals surface area contributed by atoms with Gasteiger partial charge in [0.2, 0.25) is 5.91 Å². The number of nitrogens with zero attached hydrogens (tertiary/aromatic N) is 2. The van der Waals surface area contributed by atoms with Crippen LogP contribution in [0.3, 0.4) is 0 Å². The zero-order valence-corrected chi connectivity index (χ0v) is 16.7. The third-order valence-electron chi connectivity index (χ3n) is 6.23.